The van der Waals surface area contributed by atoms with E-state index in [1.165, 1.54) is 11.3 Å². The lowest BCUT2D eigenvalue weighted by atomic mass is 9.96. The highest BCUT2D eigenvalue weighted by molar-refractivity contribution is 7.09. The number of piperidine rings is 2. The number of carbonyl (C=O) groups excluding carboxylic acids is 3. The minimum absolute atomic E-state index is 0.0673. The van der Waals surface area contributed by atoms with Crippen molar-refractivity contribution in [3.8, 4) is 11.3 Å². The molecule has 0 unspecified atom stereocenters. The molecule has 2 saturated heterocycles. The van der Waals surface area contributed by atoms with E-state index in [0.29, 0.717) is 68.3 Å². The summed E-state index contributed by atoms with van der Waals surface area (Å²) in [7, 11) is 0. The van der Waals surface area contributed by atoms with Crippen molar-refractivity contribution in [3.63, 3.8) is 0 Å². The Morgan fingerprint density at radius 1 is 1.00 bits per heavy atom. The van der Waals surface area contributed by atoms with Gasteiger partial charge in [-0.2, -0.15) is 0 Å². The van der Waals surface area contributed by atoms with Crippen molar-refractivity contribution >= 4 is 29.1 Å². The Kier molecular flexibility index (Phi) is 7.87. The van der Waals surface area contributed by atoms with Gasteiger partial charge >= 0.3 is 5.97 Å². The summed E-state index contributed by atoms with van der Waals surface area (Å²) < 4.78 is 10.5. The van der Waals surface area contributed by atoms with Gasteiger partial charge in [-0.25, -0.2) is 4.98 Å². The Hall–Kier alpha value is -3.53. The first-order valence-electron chi connectivity index (χ1n) is 13.2. The third-order valence-corrected chi connectivity index (χ3v) is 8.41. The molecule has 38 heavy (non-hydrogen) atoms. The highest BCUT2D eigenvalue weighted by atomic mass is 32.1. The number of ether oxygens (including phenoxy) is 1. The van der Waals surface area contributed by atoms with Crippen LogP contribution in [-0.2, 0) is 9.53 Å². The third kappa shape index (κ3) is 5.36. The minimum atomic E-state index is -0.171. The van der Waals surface area contributed by atoms with E-state index in [9.17, 15) is 14.4 Å². The van der Waals surface area contributed by atoms with Gasteiger partial charge in [0.05, 0.1) is 17.5 Å². The second-order valence-electron chi connectivity index (χ2n) is 9.78. The Labute approximate surface area is 225 Å². The van der Waals surface area contributed by atoms with Crippen LogP contribution in [0.15, 0.2) is 40.2 Å². The average molecular weight is 537 g/mol. The van der Waals surface area contributed by atoms with Gasteiger partial charge in [-0.1, -0.05) is 35.5 Å². The van der Waals surface area contributed by atoms with Crippen molar-refractivity contribution in [3.05, 3.63) is 57.7 Å². The third-order valence-electron chi connectivity index (χ3n) is 7.40. The Balaban J connectivity index is 1.18. The maximum atomic E-state index is 13.4. The first kappa shape index (κ1) is 26.1. The fourth-order valence-corrected chi connectivity index (χ4v) is 6.18. The zero-order valence-electron chi connectivity index (χ0n) is 21.7. The summed E-state index contributed by atoms with van der Waals surface area (Å²) in [5.74, 6) is 0.267. The number of likely N-dealkylation sites (tertiary alicyclic amines) is 2. The predicted molar refractivity (Wildman–Crippen MR) is 142 cm³/mol. The molecule has 10 heteroatoms. The Morgan fingerprint density at radius 3 is 2.34 bits per heavy atom. The van der Waals surface area contributed by atoms with Crippen LogP contribution in [0.5, 0.6) is 0 Å². The van der Waals surface area contributed by atoms with E-state index in [-0.39, 0.29) is 29.6 Å². The maximum absolute atomic E-state index is 13.4. The molecule has 2 aliphatic heterocycles. The van der Waals surface area contributed by atoms with Gasteiger partial charge in [0.2, 0.25) is 0 Å². The molecule has 2 aromatic heterocycles. The van der Waals surface area contributed by atoms with Crippen LogP contribution in [0.2, 0.25) is 0 Å². The summed E-state index contributed by atoms with van der Waals surface area (Å²) in [5.41, 5.74) is 2.41. The molecule has 2 fully saturated rings. The fraction of sp³-hybridized carbons (Fsp3) is 0.464. The molecule has 0 aliphatic carbocycles. The lowest BCUT2D eigenvalue weighted by Crippen LogP contribution is -2.40. The predicted octanol–water partition coefficient (Wildman–Crippen LogP) is 4.54. The summed E-state index contributed by atoms with van der Waals surface area (Å²) in [6, 6.07) is 9.60. The smallest absolute Gasteiger partial charge is 0.309 e. The first-order valence-corrected chi connectivity index (χ1v) is 14.1. The van der Waals surface area contributed by atoms with Crippen LogP contribution in [0.25, 0.3) is 11.3 Å². The van der Waals surface area contributed by atoms with Crippen LogP contribution in [0, 0.1) is 12.8 Å². The molecule has 0 spiro atoms. The summed E-state index contributed by atoms with van der Waals surface area (Å²) in [6.45, 7) is 6.22. The molecule has 2 aliphatic rings. The van der Waals surface area contributed by atoms with Crippen LogP contribution in [0.1, 0.15) is 70.1 Å². The van der Waals surface area contributed by atoms with Crippen LogP contribution in [0.3, 0.4) is 0 Å². The van der Waals surface area contributed by atoms with E-state index in [0.717, 1.165) is 23.4 Å². The highest BCUT2D eigenvalue weighted by Gasteiger charge is 2.32. The summed E-state index contributed by atoms with van der Waals surface area (Å²) in [5, 5.41) is 6.92. The molecule has 9 nitrogen and oxygen atoms in total. The molecule has 200 valence electrons. The quantitative estimate of drug-likeness (QED) is 0.426. The topological polar surface area (TPSA) is 106 Å². The molecule has 2 amide bonds. The fourth-order valence-electron chi connectivity index (χ4n) is 5.22. The first-order chi connectivity index (χ1) is 18.5. The van der Waals surface area contributed by atoms with Gasteiger partial charge in [-0.15, -0.1) is 11.3 Å². The minimum Gasteiger partial charge on any atom is -0.466 e. The number of amides is 2. The van der Waals surface area contributed by atoms with Crippen LogP contribution in [-0.4, -0.2) is 70.5 Å². The van der Waals surface area contributed by atoms with Gasteiger partial charge in [0.15, 0.2) is 0 Å². The number of aromatic nitrogens is 2. The molecular formula is C28H32N4O5S. The van der Waals surface area contributed by atoms with E-state index in [4.69, 9.17) is 9.26 Å². The molecule has 0 bridgehead atoms. The maximum Gasteiger partial charge on any atom is 0.309 e. The number of hydrogen-bond acceptors (Lipinski definition) is 8. The van der Waals surface area contributed by atoms with Crippen molar-refractivity contribution in [2.75, 3.05) is 32.8 Å². The molecule has 5 rings (SSSR count). The molecule has 3 aromatic rings. The number of carbonyl (C=O) groups is 3. The summed E-state index contributed by atoms with van der Waals surface area (Å²) in [4.78, 5) is 46.8. The van der Waals surface area contributed by atoms with Crippen LogP contribution in [0.4, 0.5) is 0 Å². The van der Waals surface area contributed by atoms with E-state index in [1.807, 2.05) is 40.6 Å². The summed E-state index contributed by atoms with van der Waals surface area (Å²) >= 11 is 1.51. The van der Waals surface area contributed by atoms with Crippen molar-refractivity contribution in [2.24, 2.45) is 5.92 Å². The number of thiazole rings is 1. The lowest BCUT2D eigenvalue weighted by molar-refractivity contribution is -0.149. The number of rotatable bonds is 6. The van der Waals surface area contributed by atoms with Gasteiger partial charge in [-0.05, 0) is 39.5 Å². The van der Waals surface area contributed by atoms with Gasteiger partial charge in [0, 0.05) is 43.0 Å². The molecule has 0 radical (unpaired) electrons. The number of aryl methyl sites for hydroxylation is 1. The second kappa shape index (κ2) is 11.5. The average Bonchev–Trinajstić information content (AvgIpc) is 3.60. The number of hydrogen-bond donors (Lipinski definition) is 0. The van der Waals surface area contributed by atoms with Crippen molar-refractivity contribution in [1.29, 1.82) is 0 Å². The normalized spacial score (nSPS) is 17.0. The largest absolute Gasteiger partial charge is 0.466 e. The molecule has 0 saturated carbocycles. The van der Waals surface area contributed by atoms with E-state index < -0.39 is 0 Å². The highest BCUT2D eigenvalue weighted by Crippen LogP contribution is 2.33. The Bertz CT molecular complexity index is 1290. The van der Waals surface area contributed by atoms with Gasteiger partial charge in [0.25, 0.3) is 11.8 Å². The van der Waals surface area contributed by atoms with E-state index in [1.54, 1.807) is 18.7 Å². The SMILES string of the molecule is CCOC(=O)C1CCN(C(=O)c2csc(C3CCN(C(=O)c4c(-c5ccccc5)noc4C)CC3)n2)CC1. The monoisotopic (exact) mass is 536 g/mol. The number of benzene rings is 1. The van der Waals surface area contributed by atoms with Crippen molar-refractivity contribution in [1.82, 2.24) is 19.9 Å². The number of nitrogens with zero attached hydrogens (tertiary/aromatic N) is 4. The van der Waals surface area contributed by atoms with Crippen LogP contribution >= 0.6 is 11.3 Å². The lowest BCUT2D eigenvalue weighted by Gasteiger charge is -2.31. The zero-order chi connectivity index (χ0) is 26.6. The molecule has 4 heterocycles. The van der Waals surface area contributed by atoms with Gasteiger partial charge in [-0.3, -0.25) is 14.4 Å². The van der Waals surface area contributed by atoms with Crippen LogP contribution < -0.4 is 0 Å². The van der Waals surface area contributed by atoms with E-state index in [2.05, 4.69) is 10.1 Å². The zero-order valence-corrected chi connectivity index (χ0v) is 22.5. The Morgan fingerprint density at radius 2 is 1.66 bits per heavy atom. The van der Waals surface area contributed by atoms with E-state index >= 15 is 0 Å². The molecule has 0 atom stereocenters. The second-order valence-corrected chi connectivity index (χ2v) is 10.7. The molecular weight excluding hydrogens is 504 g/mol. The van der Waals surface area contributed by atoms with Crippen molar-refractivity contribution < 1.29 is 23.6 Å². The van der Waals surface area contributed by atoms with Gasteiger partial charge < -0.3 is 19.1 Å². The van der Waals surface area contributed by atoms with Crippen molar-refractivity contribution in [2.45, 2.75) is 45.4 Å². The molecule has 0 N–H and O–H groups in total. The van der Waals surface area contributed by atoms with Gasteiger partial charge in [0.1, 0.15) is 22.7 Å². The number of esters is 1. The summed E-state index contributed by atoms with van der Waals surface area (Å²) in [6.07, 6.45) is 2.79. The molecule has 1 aromatic carbocycles. The standard InChI is InChI=1S/C28H32N4O5S/c1-3-36-28(35)21-11-15-31(16-12-21)26(33)22-17-38-25(29-22)20-9-13-32(14-10-20)27(34)23-18(2)37-30-24(23)19-7-5-4-6-8-19/h4-8,17,20-21H,3,9-16H2,1-2H3.